The highest BCUT2D eigenvalue weighted by Gasteiger charge is 2.19. The number of rotatable bonds is 12. The van der Waals surface area contributed by atoms with Crippen molar-refractivity contribution in [2.24, 2.45) is 11.8 Å². The molecule has 0 bridgehead atoms. The van der Waals surface area contributed by atoms with E-state index in [1.54, 1.807) is 0 Å². The largest absolute Gasteiger partial charge is 0.381 e. The molecule has 1 aliphatic rings. The van der Waals surface area contributed by atoms with Gasteiger partial charge in [0.15, 0.2) is 0 Å². The van der Waals surface area contributed by atoms with Crippen LogP contribution in [0.2, 0.25) is 0 Å². The first-order chi connectivity index (χ1) is 9.36. The van der Waals surface area contributed by atoms with Gasteiger partial charge in [-0.1, -0.05) is 58.3 Å². The van der Waals surface area contributed by atoms with Crippen LogP contribution >= 0.6 is 0 Å². The van der Waals surface area contributed by atoms with E-state index in [4.69, 9.17) is 10.6 Å². The van der Waals surface area contributed by atoms with Crippen molar-refractivity contribution in [3.63, 3.8) is 0 Å². The fourth-order valence-electron chi connectivity index (χ4n) is 2.97. The molecule has 0 aromatic rings. The molecule has 0 radical (unpaired) electrons. The zero-order chi connectivity index (χ0) is 13.8. The lowest BCUT2D eigenvalue weighted by Crippen LogP contribution is -2.36. The van der Waals surface area contributed by atoms with Gasteiger partial charge in [-0.3, -0.25) is 11.3 Å². The molecule has 0 saturated carbocycles. The minimum absolute atomic E-state index is 0.492. The van der Waals surface area contributed by atoms with E-state index in [1.807, 2.05) is 0 Å². The third-order valence-corrected chi connectivity index (χ3v) is 4.28. The number of hydrazine groups is 1. The van der Waals surface area contributed by atoms with Crippen molar-refractivity contribution < 1.29 is 4.74 Å². The van der Waals surface area contributed by atoms with E-state index in [1.165, 1.54) is 70.6 Å². The summed E-state index contributed by atoms with van der Waals surface area (Å²) in [5.41, 5.74) is 2.99. The van der Waals surface area contributed by atoms with Gasteiger partial charge in [-0.25, -0.2) is 0 Å². The first-order valence-electron chi connectivity index (χ1n) is 8.40. The van der Waals surface area contributed by atoms with Crippen LogP contribution in [0.15, 0.2) is 0 Å². The molecular weight excluding hydrogens is 236 g/mol. The van der Waals surface area contributed by atoms with E-state index in [0.717, 1.165) is 19.1 Å². The number of hydrogen-bond donors (Lipinski definition) is 2. The Morgan fingerprint density at radius 1 is 1.11 bits per heavy atom. The maximum Gasteiger partial charge on any atom is 0.0495 e. The van der Waals surface area contributed by atoms with E-state index in [9.17, 15) is 0 Å². The summed E-state index contributed by atoms with van der Waals surface area (Å²) in [4.78, 5) is 0. The van der Waals surface area contributed by atoms with E-state index >= 15 is 0 Å². The third kappa shape index (κ3) is 8.61. The van der Waals surface area contributed by atoms with Crippen LogP contribution in [0.25, 0.3) is 0 Å². The van der Waals surface area contributed by atoms with E-state index < -0.39 is 0 Å². The number of nitrogens with one attached hydrogen (secondary N) is 1. The van der Waals surface area contributed by atoms with Crippen LogP contribution in [0.4, 0.5) is 0 Å². The van der Waals surface area contributed by atoms with Gasteiger partial charge < -0.3 is 4.74 Å². The second kappa shape index (κ2) is 11.7. The lowest BCUT2D eigenvalue weighted by molar-refractivity contribution is 0.180. The van der Waals surface area contributed by atoms with Crippen LogP contribution in [-0.2, 0) is 4.74 Å². The highest BCUT2D eigenvalue weighted by molar-refractivity contribution is 4.72. The Morgan fingerprint density at radius 3 is 2.37 bits per heavy atom. The Balaban J connectivity index is 1.91. The molecule has 3 nitrogen and oxygen atoms in total. The van der Waals surface area contributed by atoms with Crippen LogP contribution in [0, 0.1) is 5.92 Å². The fraction of sp³-hybridized carbons (Fsp3) is 1.00. The summed E-state index contributed by atoms with van der Waals surface area (Å²) in [7, 11) is 0. The molecule has 1 heterocycles. The highest BCUT2D eigenvalue weighted by Crippen LogP contribution is 2.20. The van der Waals surface area contributed by atoms with Crippen LogP contribution in [0.5, 0.6) is 0 Å². The van der Waals surface area contributed by atoms with Gasteiger partial charge in [0.2, 0.25) is 0 Å². The van der Waals surface area contributed by atoms with E-state index in [2.05, 4.69) is 12.3 Å². The summed E-state index contributed by atoms with van der Waals surface area (Å²) in [5.74, 6) is 6.39. The Hall–Kier alpha value is -0.120. The van der Waals surface area contributed by atoms with Crippen molar-refractivity contribution in [1.29, 1.82) is 0 Å². The lowest BCUT2D eigenvalue weighted by Gasteiger charge is -2.18. The predicted molar refractivity (Wildman–Crippen MR) is 81.9 cm³/mol. The highest BCUT2D eigenvalue weighted by atomic mass is 16.5. The number of ether oxygens (including phenoxy) is 1. The second-order valence-electron chi connectivity index (χ2n) is 6.09. The molecule has 0 aromatic heterocycles. The van der Waals surface area contributed by atoms with Gasteiger partial charge in [0.25, 0.3) is 0 Å². The Kier molecular flexibility index (Phi) is 10.4. The van der Waals surface area contributed by atoms with Gasteiger partial charge in [-0.2, -0.15) is 0 Å². The molecule has 1 aliphatic heterocycles. The lowest BCUT2D eigenvalue weighted by atomic mass is 9.95. The standard InChI is InChI=1S/C16H34N2O/c1-2-3-4-5-6-7-8-9-10-16(18-17)13-15-11-12-19-14-15/h15-16,18H,2-14,17H2,1H3. The monoisotopic (exact) mass is 270 g/mol. The van der Waals surface area contributed by atoms with Crippen molar-refractivity contribution in [3.05, 3.63) is 0 Å². The quantitative estimate of drug-likeness (QED) is 0.322. The molecule has 1 saturated heterocycles. The molecule has 3 heteroatoms. The maximum absolute atomic E-state index is 5.66. The van der Waals surface area contributed by atoms with Gasteiger partial charge in [0.05, 0.1) is 0 Å². The average Bonchev–Trinajstić information content (AvgIpc) is 2.93. The second-order valence-corrected chi connectivity index (χ2v) is 6.09. The molecule has 2 unspecified atom stereocenters. The molecule has 2 atom stereocenters. The summed E-state index contributed by atoms with van der Waals surface area (Å²) in [6.45, 7) is 4.16. The minimum Gasteiger partial charge on any atom is -0.381 e. The molecule has 114 valence electrons. The van der Waals surface area contributed by atoms with Crippen molar-refractivity contribution in [3.8, 4) is 0 Å². The Morgan fingerprint density at radius 2 is 1.79 bits per heavy atom. The molecular formula is C16H34N2O. The predicted octanol–water partition coefficient (Wildman–Crippen LogP) is 3.78. The van der Waals surface area contributed by atoms with Gasteiger partial charge in [-0.05, 0) is 25.2 Å². The van der Waals surface area contributed by atoms with Crippen LogP contribution < -0.4 is 11.3 Å². The molecule has 0 spiro atoms. The minimum atomic E-state index is 0.492. The van der Waals surface area contributed by atoms with Crippen molar-refractivity contribution >= 4 is 0 Å². The summed E-state index contributed by atoms with van der Waals surface area (Å²) in [6, 6.07) is 0.492. The normalized spacial score (nSPS) is 20.8. The van der Waals surface area contributed by atoms with Crippen LogP contribution in [0.1, 0.15) is 77.6 Å². The molecule has 0 aromatic carbocycles. The molecule has 1 fully saturated rings. The maximum atomic E-state index is 5.66. The Labute approximate surface area is 119 Å². The number of unbranched alkanes of at least 4 members (excludes halogenated alkanes) is 7. The smallest absolute Gasteiger partial charge is 0.0495 e. The van der Waals surface area contributed by atoms with Crippen molar-refractivity contribution in [2.45, 2.75) is 83.6 Å². The number of hydrogen-bond acceptors (Lipinski definition) is 3. The van der Waals surface area contributed by atoms with E-state index in [0.29, 0.717) is 6.04 Å². The van der Waals surface area contributed by atoms with Crippen molar-refractivity contribution in [2.75, 3.05) is 13.2 Å². The van der Waals surface area contributed by atoms with Crippen molar-refractivity contribution in [1.82, 2.24) is 5.43 Å². The SMILES string of the molecule is CCCCCCCCCCC(CC1CCOC1)NN. The van der Waals surface area contributed by atoms with Crippen LogP contribution in [-0.4, -0.2) is 19.3 Å². The van der Waals surface area contributed by atoms with E-state index in [-0.39, 0.29) is 0 Å². The summed E-state index contributed by atoms with van der Waals surface area (Å²) < 4.78 is 5.42. The number of nitrogens with two attached hydrogens (primary N) is 1. The zero-order valence-corrected chi connectivity index (χ0v) is 12.8. The first-order valence-corrected chi connectivity index (χ1v) is 8.40. The third-order valence-electron chi connectivity index (χ3n) is 4.28. The average molecular weight is 270 g/mol. The molecule has 0 amide bonds. The molecule has 3 N–H and O–H groups in total. The molecule has 19 heavy (non-hydrogen) atoms. The summed E-state index contributed by atoms with van der Waals surface area (Å²) >= 11 is 0. The van der Waals surface area contributed by atoms with Crippen LogP contribution in [0.3, 0.4) is 0 Å². The van der Waals surface area contributed by atoms with Gasteiger partial charge in [-0.15, -0.1) is 0 Å². The summed E-state index contributed by atoms with van der Waals surface area (Å²) in [6.07, 6.45) is 14.7. The summed E-state index contributed by atoms with van der Waals surface area (Å²) in [5, 5.41) is 0. The fourth-order valence-corrected chi connectivity index (χ4v) is 2.97. The van der Waals surface area contributed by atoms with Gasteiger partial charge >= 0.3 is 0 Å². The van der Waals surface area contributed by atoms with Gasteiger partial charge in [0, 0.05) is 19.3 Å². The zero-order valence-electron chi connectivity index (χ0n) is 12.8. The molecule has 0 aliphatic carbocycles. The molecule has 1 rings (SSSR count). The topological polar surface area (TPSA) is 47.3 Å². The van der Waals surface area contributed by atoms with Gasteiger partial charge in [0.1, 0.15) is 0 Å². The Bertz CT molecular complexity index is 193. The first kappa shape index (κ1) is 16.9.